The number of rotatable bonds is 4. The van der Waals surface area contributed by atoms with Crippen molar-refractivity contribution in [3.8, 4) is 5.75 Å². The van der Waals surface area contributed by atoms with Crippen LogP contribution in [0.5, 0.6) is 5.75 Å². The summed E-state index contributed by atoms with van der Waals surface area (Å²) >= 11 is 0. The lowest BCUT2D eigenvalue weighted by atomic mass is 9.98. The molecule has 3 rings (SSSR count). The lowest BCUT2D eigenvalue weighted by Gasteiger charge is -2.29. The maximum absolute atomic E-state index is 12.4. The topological polar surface area (TPSA) is 59.1 Å². The minimum Gasteiger partial charge on any atom is -0.483 e. The maximum atomic E-state index is 12.4. The van der Waals surface area contributed by atoms with Crippen molar-refractivity contribution in [1.29, 1.82) is 0 Å². The molecule has 0 unspecified atom stereocenters. The summed E-state index contributed by atoms with van der Waals surface area (Å²) in [7, 11) is 0. The molecule has 0 bridgehead atoms. The average Bonchev–Trinajstić information content (AvgIpc) is 2.61. The summed E-state index contributed by atoms with van der Waals surface area (Å²) in [5.41, 5.74) is 1.60. The Kier molecular flexibility index (Phi) is 4.81. The Balaban J connectivity index is 1.68. The average molecular weight is 318 g/mol. The molecule has 0 atom stereocenters. The molecule has 6 heteroatoms. The van der Waals surface area contributed by atoms with Gasteiger partial charge in [-0.25, -0.2) is 0 Å². The highest BCUT2D eigenvalue weighted by Gasteiger charge is 2.26. The summed E-state index contributed by atoms with van der Waals surface area (Å²) in [6, 6.07) is 5.47. The van der Waals surface area contributed by atoms with Gasteiger partial charge in [-0.2, -0.15) is 0 Å². The Bertz CT molecular complexity index is 596. The van der Waals surface area contributed by atoms with Crippen LogP contribution in [0.25, 0.3) is 0 Å². The Hall–Kier alpha value is -2.08. The van der Waals surface area contributed by atoms with Crippen molar-refractivity contribution in [2.24, 2.45) is 0 Å². The Morgan fingerprint density at radius 1 is 1.26 bits per heavy atom. The fourth-order valence-electron chi connectivity index (χ4n) is 3.02. The van der Waals surface area contributed by atoms with Crippen molar-refractivity contribution >= 4 is 11.8 Å². The van der Waals surface area contributed by atoms with Crippen molar-refractivity contribution in [3.05, 3.63) is 29.3 Å². The van der Waals surface area contributed by atoms with Crippen molar-refractivity contribution < 1.29 is 19.1 Å². The highest BCUT2D eigenvalue weighted by atomic mass is 16.5. The molecule has 6 nitrogen and oxygen atoms in total. The second-order valence-electron chi connectivity index (χ2n) is 5.70. The molecule has 0 aromatic heterocycles. The summed E-state index contributed by atoms with van der Waals surface area (Å²) in [5.74, 6) is 0.648. The molecule has 0 aliphatic carbocycles. The molecule has 23 heavy (non-hydrogen) atoms. The lowest BCUT2D eigenvalue weighted by Crippen LogP contribution is -2.43. The molecule has 124 valence electrons. The largest absolute Gasteiger partial charge is 0.483 e. The number of nitrogens with zero attached hydrogens (tertiary/aromatic N) is 2. The van der Waals surface area contributed by atoms with Gasteiger partial charge in [0.25, 0.3) is 11.8 Å². The highest BCUT2D eigenvalue weighted by Crippen LogP contribution is 2.28. The van der Waals surface area contributed by atoms with E-state index in [1.54, 1.807) is 4.90 Å². The van der Waals surface area contributed by atoms with Crippen LogP contribution < -0.4 is 4.74 Å². The van der Waals surface area contributed by atoms with E-state index in [9.17, 15) is 9.59 Å². The summed E-state index contributed by atoms with van der Waals surface area (Å²) in [6.45, 7) is 5.76. The van der Waals surface area contributed by atoms with E-state index in [1.165, 1.54) is 0 Å². The minimum atomic E-state index is -0.0387. The first-order chi connectivity index (χ1) is 11.2. The van der Waals surface area contributed by atoms with Gasteiger partial charge < -0.3 is 19.3 Å². The molecule has 0 saturated carbocycles. The molecule has 1 aromatic rings. The number of ether oxygens (including phenoxy) is 2. The second kappa shape index (κ2) is 7.00. The predicted molar refractivity (Wildman–Crippen MR) is 84.6 cm³/mol. The summed E-state index contributed by atoms with van der Waals surface area (Å²) in [5, 5.41) is 0. The van der Waals surface area contributed by atoms with Crippen LogP contribution in [0.15, 0.2) is 18.2 Å². The van der Waals surface area contributed by atoms with E-state index in [0.29, 0.717) is 50.7 Å². The molecular weight excluding hydrogens is 296 g/mol. The number of hydrogen-bond acceptors (Lipinski definition) is 4. The molecule has 0 N–H and O–H groups in total. The van der Waals surface area contributed by atoms with Gasteiger partial charge in [-0.15, -0.1) is 0 Å². The summed E-state index contributed by atoms with van der Waals surface area (Å²) in [6.07, 6.45) is 0.761. The van der Waals surface area contributed by atoms with Crippen molar-refractivity contribution in [2.75, 3.05) is 46.0 Å². The van der Waals surface area contributed by atoms with Gasteiger partial charge in [-0.05, 0) is 25.5 Å². The highest BCUT2D eigenvalue weighted by molar-refractivity contribution is 5.97. The van der Waals surface area contributed by atoms with Crippen LogP contribution in [-0.2, 0) is 16.0 Å². The zero-order chi connectivity index (χ0) is 16.2. The number of morpholine rings is 1. The van der Waals surface area contributed by atoms with Crippen LogP contribution in [0, 0.1) is 0 Å². The maximum Gasteiger partial charge on any atom is 0.260 e. The molecule has 0 spiro atoms. The Morgan fingerprint density at radius 2 is 2.04 bits per heavy atom. The zero-order valence-corrected chi connectivity index (χ0v) is 13.4. The van der Waals surface area contributed by atoms with E-state index >= 15 is 0 Å². The van der Waals surface area contributed by atoms with Crippen molar-refractivity contribution in [3.63, 3.8) is 0 Å². The molecule has 2 amide bonds. The third kappa shape index (κ3) is 3.32. The molecule has 0 radical (unpaired) electrons. The summed E-state index contributed by atoms with van der Waals surface area (Å²) < 4.78 is 11.0. The number of carbonyl (C=O) groups excluding carboxylic acids is 2. The van der Waals surface area contributed by atoms with E-state index in [0.717, 1.165) is 12.0 Å². The molecule has 1 saturated heterocycles. The van der Waals surface area contributed by atoms with Gasteiger partial charge >= 0.3 is 0 Å². The van der Waals surface area contributed by atoms with Crippen LogP contribution in [0.4, 0.5) is 0 Å². The third-order valence-electron chi connectivity index (χ3n) is 4.38. The van der Waals surface area contributed by atoms with Gasteiger partial charge in [0.1, 0.15) is 5.75 Å². The van der Waals surface area contributed by atoms with Gasteiger partial charge in [-0.3, -0.25) is 9.59 Å². The molecule has 2 aliphatic heterocycles. The van der Waals surface area contributed by atoms with Crippen LogP contribution in [0.3, 0.4) is 0 Å². The number of carbonyl (C=O) groups is 2. The van der Waals surface area contributed by atoms with Gasteiger partial charge in [0.05, 0.1) is 13.2 Å². The molecule has 2 heterocycles. The number of amides is 2. The standard InChI is InChI=1S/C17H22N2O4/c1-2-18-7-6-13-14(17(18)21)4-3-5-15(13)23-12-16(20)19-8-10-22-11-9-19/h3-5H,2,6-12H2,1H3. The number of likely N-dealkylation sites (N-methyl/N-ethyl adjacent to an activating group) is 1. The monoisotopic (exact) mass is 318 g/mol. The number of hydrogen-bond donors (Lipinski definition) is 0. The minimum absolute atomic E-state index is 0.00212. The SMILES string of the molecule is CCN1CCc2c(OCC(=O)N3CCOCC3)cccc2C1=O. The smallest absolute Gasteiger partial charge is 0.260 e. The first-order valence-corrected chi connectivity index (χ1v) is 8.10. The Labute approximate surface area is 136 Å². The zero-order valence-electron chi connectivity index (χ0n) is 13.4. The Morgan fingerprint density at radius 3 is 2.78 bits per heavy atom. The number of benzene rings is 1. The predicted octanol–water partition coefficient (Wildman–Crippen LogP) is 0.942. The normalized spacial score (nSPS) is 17.9. The van der Waals surface area contributed by atoms with E-state index < -0.39 is 0 Å². The first-order valence-electron chi connectivity index (χ1n) is 8.10. The van der Waals surface area contributed by atoms with Gasteiger partial charge in [0.2, 0.25) is 0 Å². The van der Waals surface area contributed by atoms with Gasteiger partial charge in [-0.1, -0.05) is 6.07 Å². The van der Waals surface area contributed by atoms with Gasteiger partial charge in [0, 0.05) is 37.3 Å². The van der Waals surface area contributed by atoms with E-state index in [2.05, 4.69) is 0 Å². The van der Waals surface area contributed by atoms with Crippen molar-refractivity contribution in [1.82, 2.24) is 9.80 Å². The number of fused-ring (bicyclic) bond motifs is 1. The quantitative estimate of drug-likeness (QED) is 0.829. The van der Waals surface area contributed by atoms with E-state index in [1.807, 2.05) is 30.0 Å². The third-order valence-corrected chi connectivity index (χ3v) is 4.38. The molecular formula is C17H22N2O4. The van der Waals surface area contributed by atoms with Gasteiger partial charge in [0.15, 0.2) is 6.61 Å². The molecule has 1 fully saturated rings. The fraction of sp³-hybridized carbons (Fsp3) is 0.529. The van der Waals surface area contributed by atoms with Crippen LogP contribution in [-0.4, -0.2) is 67.6 Å². The van der Waals surface area contributed by atoms with Crippen molar-refractivity contribution in [2.45, 2.75) is 13.3 Å². The fourth-order valence-corrected chi connectivity index (χ4v) is 3.02. The van der Waals surface area contributed by atoms with Crippen LogP contribution in [0.2, 0.25) is 0 Å². The van der Waals surface area contributed by atoms with Crippen LogP contribution >= 0.6 is 0 Å². The molecule has 2 aliphatic rings. The molecule has 1 aromatic carbocycles. The lowest BCUT2D eigenvalue weighted by molar-refractivity contribution is -0.137. The van der Waals surface area contributed by atoms with E-state index in [4.69, 9.17) is 9.47 Å². The second-order valence-corrected chi connectivity index (χ2v) is 5.70. The first kappa shape index (κ1) is 15.8. The van der Waals surface area contributed by atoms with Crippen LogP contribution in [0.1, 0.15) is 22.8 Å². The summed E-state index contributed by atoms with van der Waals surface area (Å²) in [4.78, 5) is 28.1. The van der Waals surface area contributed by atoms with E-state index in [-0.39, 0.29) is 18.4 Å².